The highest BCUT2D eigenvalue weighted by atomic mass is 16.7. The molecule has 0 radical (unpaired) electrons. The molecule has 1 aromatic heterocycles. The molecule has 0 saturated heterocycles. The largest absolute Gasteiger partial charge is 0.513 e. The fraction of sp³-hybridized carbons (Fsp3) is 0.286. The number of carbonyl (C=O) groups excluding carboxylic acids is 1. The highest BCUT2D eigenvalue weighted by Gasteiger charge is 2.03. The number of nitrogens with zero attached hydrogens (tertiary/aromatic N) is 2. The number of aromatic nitrogens is 2. The maximum Gasteiger partial charge on any atom is 0.513 e. The molecule has 13 heavy (non-hydrogen) atoms. The van der Waals surface area contributed by atoms with Crippen molar-refractivity contribution in [3.05, 3.63) is 12.4 Å². The third-order valence-corrected chi connectivity index (χ3v) is 1.22. The summed E-state index contributed by atoms with van der Waals surface area (Å²) < 4.78 is 8.93. The maximum atomic E-state index is 10.6. The number of anilines is 1. The van der Waals surface area contributed by atoms with Gasteiger partial charge in [0.1, 0.15) is 0 Å². The van der Waals surface area contributed by atoms with E-state index in [1.807, 2.05) is 0 Å². The Hall–Kier alpha value is -1.85. The SMILES string of the molecule is CNc1ncc(OC(=O)OC)cn1. The van der Waals surface area contributed by atoms with Crippen molar-refractivity contribution in [3.8, 4) is 5.75 Å². The second-order valence-corrected chi connectivity index (χ2v) is 2.05. The molecule has 0 fully saturated rings. The van der Waals surface area contributed by atoms with Crippen molar-refractivity contribution in [1.29, 1.82) is 0 Å². The standard InChI is InChI=1S/C7H9N3O3/c1-8-6-9-3-5(4-10-6)13-7(11)12-2/h3-4H,1-2H3,(H,8,9,10). The molecule has 1 aromatic rings. The lowest BCUT2D eigenvalue weighted by molar-refractivity contribution is 0.121. The lowest BCUT2D eigenvalue weighted by atomic mass is 10.6. The molecular weight excluding hydrogens is 174 g/mol. The van der Waals surface area contributed by atoms with Crippen molar-refractivity contribution in [2.24, 2.45) is 0 Å². The topological polar surface area (TPSA) is 73.3 Å². The fourth-order valence-electron chi connectivity index (χ4n) is 0.636. The monoisotopic (exact) mass is 183 g/mol. The van der Waals surface area contributed by atoms with Crippen LogP contribution in [0.4, 0.5) is 10.7 Å². The van der Waals surface area contributed by atoms with E-state index in [1.165, 1.54) is 19.5 Å². The third kappa shape index (κ3) is 2.58. The van der Waals surface area contributed by atoms with Crippen LogP contribution in [0.5, 0.6) is 5.75 Å². The first-order chi connectivity index (χ1) is 6.26. The number of carbonyl (C=O) groups is 1. The zero-order chi connectivity index (χ0) is 9.68. The Labute approximate surface area is 74.9 Å². The number of hydrogen-bond donors (Lipinski definition) is 1. The van der Waals surface area contributed by atoms with Gasteiger partial charge in [-0.15, -0.1) is 0 Å². The van der Waals surface area contributed by atoms with Gasteiger partial charge in [0.15, 0.2) is 5.75 Å². The molecule has 0 bridgehead atoms. The van der Waals surface area contributed by atoms with Gasteiger partial charge in [-0.1, -0.05) is 0 Å². The van der Waals surface area contributed by atoms with Gasteiger partial charge in [0.25, 0.3) is 0 Å². The van der Waals surface area contributed by atoms with Crippen LogP contribution in [0.1, 0.15) is 0 Å². The summed E-state index contributed by atoms with van der Waals surface area (Å²) in [6, 6.07) is 0. The second-order valence-electron chi connectivity index (χ2n) is 2.05. The molecule has 0 atom stereocenters. The Morgan fingerprint density at radius 3 is 2.54 bits per heavy atom. The molecule has 0 aromatic carbocycles. The minimum absolute atomic E-state index is 0.242. The van der Waals surface area contributed by atoms with E-state index in [9.17, 15) is 4.79 Å². The van der Waals surface area contributed by atoms with Gasteiger partial charge in [0.2, 0.25) is 5.95 Å². The first-order valence-corrected chi connectivity index (χ1v) is 3.52. The molecule has 70 valence electrons. The van der Waals surface area contributed by atoms with Gasteiger partial charge < -0.3 is 14.8 Å². The highest BCUT2D eigenvalue weighted by Crippen LogP contribution is 2.08. The van der Waals surface area contributed by atoms with Gasteiger partial charge >= 0.3 is 6.16 Å². The van der Waals surface area contributed by atoms with Crippen molar-refractivity contribution < 1.29 is 14.3 Å². The lowest BCUT2D eigenvalue weighted by Crippen LogP contribution is -2.08. The molecular formula is C7H9N3O3. The van der Waals surface area contributed by atoms with Gasteiger partial charge in [-0.3, -0.25) is 0 Å². The minimum atomic E-state index is -0.791. The normalized spacial score (nSPS) is 9.08. The molecule has 0 aliphatic rings. The number of methoxy groups -OCH3 is 1. The van der Waals surface area contributed by atoms with Gasteiger partial charge in [-0.2, -0.15) is 0 Å². The fourth-order valence-corrected chi connectivity index (χ4v) is 0.636. The second kappa shape index (κ2) is 4.24. The molecule has 1 N–H and O–H groups in total. The smallest absolute Gasteiger partial charge is 0.437 e. The molecule has 0 amide bonds. The number of rotatable bonds is 2. The van der Waals surface area contributed by atoms with E-state index in [2.05, 4.69) is 24.8 Å². The van der Waals surface area contributed by atoms with Gasteiger partial charge in [-0.25, -0.2) is 14.8 Å². The van der Waals surface area contributed by atoms with Crippen LogP contribution in [0.3, 0.4) is 0 Å². The Morgan fingerprint density at radius 2 is 2.08 bits per heavy atom. The molecule has 0 unspecified atom stereocenters. The van der Waals surface area contributed by atoms with Crippen LogP contribution < -0.4 is 10.1 Å². The van der Waals surface area contributed by atoms with E-state index in [4.69, 9.17) is 0 Å². The van der Waals surface area contributed by atoms with Gasteiger partial charge in [0, 0.05) is 7.05 Å². The Bertz CT molecular complexity index is 286. The third-order valence-electron chi connectivity index (χ3n) is 1.22. The van der Waals surface area contributed by atoms with E-state index < -0.39 is 6.16 Å². The van der Waals surface area contributed by atoms with Crippen LogP contribution in [-0.4, -0.2) is 30.3 Å². The zero-order valence-electron chi connectivity index (χ0n) is 7.27. The van der Waals surface area contributed by atoms with Crippen LogP contribution in [0.2, 0.25) is 0 Å². The highest BCUT2D eigenvalue weighted by molar-refractivity contribution is 5.63. The molecule has 1 rings (SSSR count). The van der Waals surface area contributed by atoms with E-state index in [0.29, 0.717) is 5.95 Å². The average molecular weight is 183 g/mol. The van der Waals surface area contributed by atoms with Gasteiger partial charge in [0.05, 0.1) is 19.5 Å². The summed E-state index contributed by atoms with van der Waals surface area (Å²) in [6.45, 7) is 0. The Kier molecular flexibility index (Phi) is 3.02. The molecule has 0 spiro atoms. The van der Waals surface area contributed by atoms with E-state index in [-0.39, 0.29) is 5.75 Å². The average Bonchev–Trinajstić information content (AvgIpc) is 2.19. The molecule has 0 aliphatic carbocycles. The van der Waals surface area contributed by atoms with Crippen LogP contribution in [-0.2, 0) is 4.74 Å². The van der Waals surface area contributed by atoms with Crippen LogP contribution >= 0.6 is 0 Å². The molecule has 1 heterocycles. The summed E-state index contributed by atoms with van der Waals surface area (Å²) >= 11 is 0. The summed E-state index contributed by atoms with van der Waals surface area (Å²) in [4.78, 5) is 18.3. The van der Waals surface area contributed by atoms with Crippen molar-refractivity contribution in [2.75, 3.05) is 19.5 Å². The molecule has 0 aliphatic heterocycles. The number of nitrogens with one attached hydrogen (secondary N) is 1. The predicted molar refractivity (Wildman–Crippen MR) is 44.6 cm³/mol. The molecule has 6 heteroatoms. The van der Waals surface area contributed by atoms with E-state index in [0.717, 1.165) is 0 Å². The first kappa shape index (κ1) is 9.24. The van der Waals surface area contributed by atoms with Crippen LogP contribution in [0.25, 0.3) is 0 Å². The van der Waals surface area contributed by atoms with Crippen molar-refractivity contribution in [2.45, 2.75) is 0 Å². The van der Waals surface area contributed by atoms with Crippen molar-refractivity contribution in [3.63, 3.8) is 0 Å². The quantitative estimate of drug-likeness (QED) is 0.679. The number of hydrogen-bond acceptors (Lipinski definition) is 6. The lowest BCUT2D eigenvalue weighted by Gasteiger charge is -2.01. The Balaban J connectivity index is 2.64. The molecule has 6 nitrogen and oxygen atoms in total. The predicted octanol–water partition coefficient (Wildman–Crippen LogP) is 0.663. The van der Waals surface area contributed by atoms with Crippen molar-refractivity contribution >= 4 is 12.1 Å². The Morgan fingerprint density at radius 1 is 1.46 bits per heavy atom. The summed E-state index contributed by atoms with van der Waals surface area (Å²) in [5, 5.41) is 2.73. The van der Waals surface area contributed by atoms with Crippen LogP contribution in [0, 0.1) is 0 Å². The minimum Gasteiger partial charge on any atom is -0.437 e. The van der Waals surface area contributed by atoms with E-state index >= 15 is 0 Å². The summed E-state index contributed by atoms with van der Waals surface area (Å²) in [7, 11) is 2.92. The van der Waals surface area contributed by atoms with Gasteiger partial charge in [-0.05, 0) is 0 Å². The van der Waals surface area contributed by atoms with E-state index in [1.54, 1.807) is 7.05 Å². The first-order valence-electron chi connectivity index (χ1n) is 3.52. The number of ether oxygens (including phenoxy) is 2. The summed E-state index contributed by atoms with van der Waals surface area (Å²) in [6.07, 6.45) is 1.95. The zero-order valence-corrected chi connectivity index (χ0v) is 7.27. The summed E-state index contributed by atoms with van der Waals surface area (Å²) in [5.74, 6) is 0.697. The van der Waals surface area contributed by atoms with Crippen molar-refractivity contribution in [1.82, 2.24) is 9.97 Å². The van der Waals surface area contributed by atoms with Crippen LogP contribution in [0.15, 0.2) is 12.4 Å². The molecule has 0 saturated carbocycles. The summed E-state index contributed by atoms with van der Waals surface area (Å²) in [5.41, 5.74) is 0. The maximum absolute atomic E-state index is 10.6.